The molecule has 2 N–H and O–H groups in total. The van der Waals surface area contributed by atoms with Gasteiger partial charge in [0.1, 0.15) is 0 Å². The minimum Gasteiger partial charge on any atom is -0.396 e. The minimum absolute atomic E-state index is 0.0361. The number of aliphatic hydroxyl groups is 1. The van der Waals surface area contributed by atoms with Crippen LogP contribution in [0.5, 0.6) is 0 Å². The standard InChI is InChI=1S/C13H16ClN3O2/c14-11-2-3-12-10(8-11)9-16-17(12)6-4-13(19)15-5-1-7-18/h2-3,8-9,18H,1,4-7H2,(H,15,19). The lowest BCUT2D eigenvalue weighted by Crippen LogP contribution is -2.26. The number of carbonyl (C=O) groups excluding carboxylic acids is 1. The molecule has 0 fully saturated rings. The Hall–Kier alpha value is -1.59. The van der Waals surface area contributed by atoms with E-state index in [0.29, 0.717) is 31.0 Å². The van der Waals surface area contributed by atoms with Gasteiger partial charge in [0.2, 0.25) is 5.91 Å². The molecule has 0 aliphatic rings. The number of aromatic nitrogens is 2. The van der Waals surface area contributed by atoms with E-state index in [0.717, 1.165) is 10.9 Å². The summed E-state index contributed by atoms with van der Waals surface area (Å²) in [7, 11) is 0. The highest BCUT2D eigenvalue weighted by Gasteiger charge is 2.06. The zero-order valence-electron chi connectivity index (χ0n) is 10.5. The van der Waals surface area contributed by atoms with Gasteiger partial charge in [-0.1, -0.05) is 11.6 Å². The van der Waals surface area contributed by atoms with E-state index in [2.05, 4.69) is 10.4 Å². The van der Waals surface area contributed by atoms with Crippen LogP contribution < -0.4 is 5.32 Å². The molecule has 0 radical (unpaired) electrons. The molecule has 2 rings (SSSR count). The molecule has 19 heavy (non-hydrogen) atoms. The lowest BCUT2D eigenvalue weighted by Gasteiger charge is -2.05. The molecule has 0 spiro atoms. The Balaban J connectivity index is 1.93. The van der Waals surface area contributed by atoms with Crippen LogP contribution in [0.1, 0.15) is 12.8 Å². The van der Waals surface area contributed by atoms with E-state index < -0.39 is 0 Å². The molecule has 1 heterocycles. The molecule has 0 saturated carbocycles. The number of aryl methyl sites for hydroxylation is 1. The topological polar surface area (TPSA) is 67.2 Å². The van der Waals surface area contributed by atoms with E-state index in [1.54, 1.807) is 10.9 Å². The summed E-state index contributed by atoms with van der Waals surface area (Å²) in [5, 5.41) is 17.2. The highest BCUT2D eigenvalue weighted by molar-refractivity contribution is 6.31. The van der Waals surface area contributed by atoms with Gasteiger partial charge in [0.15, 0.2) is 0 Å². The Labute approximate surface area is 116 Å². The zero-order valence-corrected chi connectivity index (χ0v) is 11.2. The lowest BCUT2D eigenvalue weighted by molar-refractivity contribution is -0.121. The number of rotatable bonds is 6. The second-order valence-corrected chi connectivity index (χ2v) is 4.68. The number of benzene rings is 1. The average Bonchev–Trinajstić information content (AvgIpc) is 2.79. The van der Waals surface area contributed by atoms with Crippen LogP contribution in [0.3, 0.4) is 0 Å². The number of carbonyl (C=O) groups is 1. The third-order valence-corrected chi connectivity index (χ3v) is 3.05. The summed E-state index contributed by atoms with van der Waals surface area (Å²) < 4.78 is 1.79. The van der Waals surface area contributed by atoms with Crippen LogP contribution in [-0.2, 0) is 11.3 Å². The third kappa shape index (κ3) is 3.68. The van der Waals surface area contributed by atoms with Crippen molar-refractivity contribution in [1.29, 1.82) is 0 Å². The van der Waals surface area contributed by atoms with Crippen molar-refractivity contribution < 1.29 is 9.90 Å². The van der Waals surface area contributed by atoms with Gasteiger partial charge in [-0.3, -0.25) is 9.48 Å². The van der Waals surface area contributed by atoms with E-state index in [1.807, 2.05) is 18.2 Å². The first kappa shape index (κ1) is 13.8. The number of aliphatic hydroxyl groups excluding tert-OH is 1. The Morgan fingerprint density at radius 1 is 1.47 bits per heavy atom. The highest BCUT2D eigenvalue weighted by Crippen LogP contribution is 2.18. The van der Waals surface area contributed by atoms with E-state index in [1.165, 1.54) is 0 Å². The van der Waals surface area contributed by atoms with Gasteiger partial charge in [0.05, 0.1) is 18.3 Å². The summed E-state index contributed by atoms with van der Waals surface area (Å²) in [6, 6.07) is 5.55. The predicted molar refractivity (Wildman–Crippen MR) is 74.1 cm³/mol. The molecule has 0 unspecified atom stereocenters. The zero-order chi connectivity index (χ0) is 13.7. The van der Waals surface area contributed by atoms with Crippen LogP contribution in [-0.4, -0.2) is 33.9 Å². The molecule has 5 nitrogen and oxygen atoms in total. The van der Waals surface area contributed by atoms with Crippen molar-refractivity contribution in [3.8, 4) is 0 Å². The molecule has 0 saturated heterocycles. The van der Waals surface area contributed by atoms with Crippen LogP contribution in [0.2, 0.25) is 5.02 Å². The maximum atomic E-state index is 11.5. The second kappa shape index (κ2) is 6.54. The number of halogens is 1. The summed E-state index contributed by atoms with van der Waals surface area (Å²) in [6.45, 7) is 1.12. The summed E-state index contributed by atoms with van der Waals surface area (Å²) in [5.41, 5.74) is 0.965. The fraction of sp³-hybridized carbons (Fsp3) is 0.385. The van der Waals surface area contributed by atoms with Gasteiger partial charge in [0, 0.05) is 30.0 Å². The van der Waals surface area contributed by atoms with Crippen LogP contribution in [0.4, 0.5) is 0 Å². The first-order chi connectivity index (χ1) is 9.20. The first-order valence-corrected chi connectivity index (χ1v) is 6.57. The van der Waals surface area contributed by atoms with E-state index >= 15 is 0 Å². The van der Waals surface area contributed by atoms with Crippen molar-refractivity contribution in [2.75, 3.05) is 13.2 Å². The van der Waals surface area contributed by atoms with E-state index in [-0.39, 0.29) is 12.5 Å². The van der Waals surface area contributed by atoms with Crippen molar-refractivity contribution in [2.24, 2.45) is 0 Å². The van der Waals surface area contributed by atoms with Crippen LogP contribution >= 0.6 is 11.6 Å². The first-order valence-electron chi connectivity index (χ1n) is 6.19. The van der Waals surface area contributed by atoms with E-state index in [4.69, 9.17) is 16.7 Å². The molecule has 1 aromatic heterocycles. The van der Waals surface area contributed by atoms with Gasteiger partial charge in [-0.2, -0.15) is 5.10 Å². The summed E-state index contributed by atoms with van der Waals surface area (Å²) in [4.78, 5) is 11.5. The Morgan fingerprint density at radius 2 is 2.32 bits per heavy atom. The van der Waals surface area contributed by atoms with Crippen molar-refractivity contribution in [3.05, 3.63) is 29.4 Å². The van der Waals surface area contributed by atoms with Crippen LogP contribution in [0, 0.1) is 0 Å². The smallest absolute Gasteiger partial charge is 0.221 e. The highest BCUT2D eigenvalue weighted by atomic mass is 35.5. The third-order valence-electron chi connectivity index (χ3n) is 2.81. The molecule has 0 atom stereocenters. The van der Waals surface area contributed by atoms with Crippen LogP contribution in [0.25, 0.3) is 10.9 Å². The molecule has 1 amide bonds. The molecular weight excluding hydrogens is 266 g/mol. The number of nitrogens with zero attached hydrogens (tertiary/aromatic N) is 2. The summed E-state index contributed by atoms with van der Waals surface area (Å²) in [5.74, 6) is -0.0361. The maximum absolute atomic E-state index is 11.5. The van der Waals surface area contributed by atoms with Gasteiger partial charge >= 0.3 is 0 Å². The lowest BCUT2D eigenvalue weighted by atomic mass is 10.2. The number of amides is 1. The quantitative estimate of drug-likeness (QED) is 0.790. The van der Waals surface area contributed by atoms with Crippen molar-refractivity contribution in [3.63, 3.8) is 0 Å². The predicted octanol–water partition coefficient (Wildman–Crippen LogP) is 1.58. The van der Waals surface area contributed by atoms with Gasteiger partial charge in [-0.05, 0) is 24.6 Å². The monoisotopic (exact) mass is 281 g/mol. The van der Waals surface area contributed by atoms with Crippen molar-refractivity contribution in [1.82, 2.24) is 15.1 Å². The van der Waals surface area contributed by atoms with Gasteiger partial charge in [-0.25, -0.2) is 0 Å². The van der Waals surface area contributed by atoms with Crippen molar-refractivity contribution >= 4 is 28.4 Å². The second-order valence-electron chi connectivity index (χ2n) is 4.25. The molecular formula is C13H16ClN3O2. The van der Waals surface area contributed by atoms with Crippen molar-refractivity contribution in [2.45, 2.75) is 19.4 Å². The van der Waals surface area contributed by atoms with Gasteiger partial charge < -0.3 is 10.4 Å². The molecule has 0 bridgehead atoms. The molecule has 0 aliphatic heterocycles. The number of hydrogen-bond donors (Lipinski definition) is 2. The van der Waals surface area contributed by atoms with Gasteiger partial charge in [0.25, 0.3) is 0 Å². The number of fused-ring (bicyclic) bond motifs is 1. The molecule has 2 aromatic rings. The number of hydrogen-bond acceptors (Lipinski definition) is 3. The fourth-order valence-electron chi connectivity index (χ4n) is 1.84. The molecule has 1 aromatic carbocycles. The molecule has 6 heteroatoms. The molecule has 0 aliphatic carbocycles. The maximum Gasteiger partial charge on any atom is 0.221 e. The number of nitrogens with one attached hydrogen (secondary N) is 1. The SMILES string of the molecule is O=C(CCn1ncc2cc(Cl)ccc21)NCCCO. The Morgan fingerprint density at radius 3 is 3.11 bits per heavy atom. The largest absolute Gasteiger partial charge is 0.396 e. The Bertz CT molecular complexity index is 568. The van der Waals surface area contributed by atoms with Gasteiger partial charge in [-0.15, -0.1) is 0 Å². The summed E-state index contributed by atoms with van der Waals surface area (Å²) in [6.07, 6.45) is 2.69. The van der Waals surface area contributed by atoms with Crippen LogP contribution in [0.15, 0.2) is 24.4 Å². The van der Waals surface area contributed by atoms with E-state index in [9.17, 15) is 4.79 Å². The fourth-order valence-corrected chi connectivity index (χ4v) is 2.02. The average molecular weight is 282 g/mol. The Kier molecular flexibility index (Phi) is 4.76. The summed E-state index contributed by atoms with van der Waals surface area (Å²) >= 11 is 5.90. The normalized spacial score (nSPS) is 10.8. The molecule has 102 valence electrons. The minimum atomic E-state index is -0.0361.